The topological polar surface area (TPSA) is 72.5 Å². The molecule has 5 rings (SSSR count). The van der Waals surface area contributed by atoms with E-state index >= 15 is 0 Å². The fraction of sp³-hybridized carbons (Fsp3) is 0.231. The van der Waals surface area contributed by atoms with Crippen molar-refractivity contribution >= 4 is 11.6 Å². The van der Waals surface area contributed by atoms with Gasteiger partial charge < -0.3 is 19.4 Å². The van der Waals surface area contributed by atoms with Gasteiger partial charge in [-0.25, -0.2) is 0 Å². The molecule has 1 aliphatic heterocycles. The molecule has 2 aromatic carbocycles. The predicted molar refractivity (Wildman–Crippen MR) is 125 cm³/mol. The molecule has 4 aromatic rings. The van der Waals surface area contributed by atoms with Gasteiger partial charge in [-0.05, 0) is 61.9 Å². The third-order valence-corrected chi connectivity index (χ3v) is 5.97. The van der Waals surface area contributed by atoms with Crippen LogP contribution in [0.25, 0.3) is 0 Å². The van der Waals surface area contributed by atoms with Gasteiger partial charge in [0.2, 0.25) is 0 Å². The van der Waals surface area contributed by atoms with Crippen LogP contribution in [0.5, 0.6) is 5.75 Å². The van der Waals surface area contributed by atoms with Crippen LogP contribution >= 0.6 is 0 Å². The Morgan fingerprint density at radius 3 is 2.64 bits per heavy atom. The van der Waals surface area contributed by atoms with E-state index in [9.17, 15) is 4.79 Å². The van der Waals surface area contributed by atoms with Gasteiger partial charge in [0, 0.05) is 16.9 Å². The summed E-state index contributed by atoms with van der Waals surface area (Å²) in [7, 11) is 1.67. The molecule has 2 aromatic heterocycles. The summed E-state index contributed by atoms with van der Waals surface area (Å²) in [6.45, 7) is 4.96. The second-order valence-electron chi connectivity index (χ2n) is 8.26. The van der Waals surface area contributed by atoms with E-state index in [2.05, 4.69) is 22.5 Å². The number of para-hydroxylation sites is 1. The van der Waals surface area contributed by atoms with Crippen LogP contribution in [0.4, 0.5) is 5.69 Å². The number of furan rings is 1. The van der Waals surface area contributed by atoms with Gasteiger partial charge in [0.05, 0.1) is 37.7 Å². The normalized spacial score (nSPS) is 15.3. The third kappa shape index (κ3) is 3.98. The molecule has 168 valence electrons. The first-order chi connectivity index (χ1) is 16.0. The van der Waals surface area contributed by atoms with E-state index in [1.54, 1.807) is 18.3 Å². The highest BCUT2D eigenvalue weighted by molar-refractivity contribution is 6.01. The molecule has 0 radical (unpaired) electrons. The molecule has 1 unspecified atom stereocenters. The van der Waals surface area contributed by atoms with Crippen molar-refractivity contribution in [2.45, 2.75) is 33.1 Å². The Hall–Kier alpha value is -4.00. The van der Waals surface area contributed by atoms with Crippen molar-refractivity contribution in [2.24, 2.45) is 0 Å². The number of hydrogen-bond acceptors (Lipinski definition) is 5. The third-order valence-electron chi connectivity index (χ3n) is 5.97. The van der Waals surface area contributed by atoms with E-state index in [1.165, 1.54) is 0 Å². The van der Waals surface area contributed by atoms with E-state index < -0.39 is 0 Å². The van der Waals surface area contributed by atoms with Crippen LogP contribution in [0.2, 0.25) is 0 Å². The highest BCUT2D eigenvalue weighted by Crippen LogP contribution is 2.36. The van der Waals surface area contributed by atoms with Crippen molar-refractivity contribution < 1.29 is 13.9 Å². The first-order valence-corrected chi connectivity index (χ1v) is 10.9. The molecule has 7 nitrogen and oxygen atoms in total. The molecule has 0 saturated carbocycles. The summed E-state index contributed by atoms with van der Waals surface area (Å²) in [6, 6.07) is 19.4. The SMILES string of the molecule is COc1ccc(C2Nc3ccccc3C(=O)N2Cc2ccco2)cc1Cn1nc(C)cc1C. The number of benzene rings is 2. The summed E-state index contributed by atoms with van der Waals surface area (Å²) >= 11 is 0. The predicted octanol–water partition coefficient (Wildman–Crippen LogP) is 4.92. The lowest BCUT2D eigenvalue weighted by atomic mass is 10.0. The van der Waals surface area contributed by atoms with E-state index in [0.29, 0.717) is 18.7 Å². The van der Waals surface area contributed by atoms with Crippen LogP contribution in [-0.2, 0) is 13.1 Å². The average Bonchev–Trinajstić information content (AvgIpc) is 3.44. The smallest absolute Gasteiger partial charge is 0.258 e. The van der Waals surface area contributed by atoms with Gasteiger partial charge in [0.1, 0.15) is 17.7 Å². The van der Waals surface area contributed by atoms with Crippen LogP contribution in [0.1, 0.15) is 44.8 Å². The Balaban J connectivity index is 1.55. The quantitative estimate of drug-likeness (QED) is 0.459. The van der Waals surface area contributed by atoms with Crippen LogP contribution in [0, 0.1) is 13.8 Å². The number of anilines is 1. The number of aromatic nitrogens is 2. The molecular formula is C26H26N4O3. The van der Waals surface area contributed by atoms with Crippen molar-refractivity contribution in [1.82, 2.24) is 14.7 Å². The molecule has 33 heavy (non-hydrogen) atoms. The average molecular weight is 443 g/mol. The number of ether oxygens (including phenoxy) is 1. The van der Waals surface area contributed by atoms with Gasteiger partial charge in [-0.15, -0.1) is 0 Å². The van der Waals surface area contributed by atoms with Crippen molar-refractivity contribution in [1.29, 1.82) is 0 Å². The minimum Gasteiger partial charge on any atom is -0.496 e. The number of nitrogens with zero attached hydrogens (tertiary/aromatic N) is 3. The number of carbonyl (C=O) groups excluding carboxylic acids is 1. The van der Waals surface area contributed by atoms with Crippen LogP contribution in [0.15, 0.2) is 71.3 Å². The lowest BCUT2D eigenvalue weighted by Crippen LogP contribution is -2.42. The summed E-state index contributed by atoms with van der Waals surface area (Å²) in [5.41, 5.74) is 5.48. The zero-order chi connectivity index (χ0) is 22.9. The number of aryl methyl sites for hydroxylation is 2. The minimum atomic E-state index is -0.359. The molecule has 1 N–H and O–H groups in total. The van der Waals surface area contributed by atoms with Crippen LogP contribution in [0.3, 0.4) is 0 Å². The van der Waals surface area contributed by atoms with E-state index in [-0.39, 0.29) is 12.1 Å². The minimum absolute atomic E-state index is 0.0401. The highest BCUT2D eigenvalue weighted by atomic mass is 16.5. The van der Waals surface area contributed by atoms with E-state index in [0.717, 1.165) is 39.7 Å². The summed E-state index contributed by atoms with van der Waals surface area (Å²) in [5, 5.41) is 8.15. The number of amides is 1. The summed E-state index contributed by atoms with van der Waals surface area (Å²) in [6.07, 6.45) is 1.27. The lowest BCUT2D eigenvalue weighted by molar-refractivity contribution is 0.0651. The van der Waals surface area contributed by atoms with Crippen molar-refractivity contribution in [2.75, 3.05) is 12.4 Å². The number of fused-ring (bicyclic) bond motifs is 1. The van der Waals surface area contributed by atoms with E-state index in [4.69, 9.17) is 9.15 Å². The Morgan fingerprint density at radius 2 is 1.91 bits per heavy atom. The lowest BCUT2D eigenvalue weighted by Gasteiger charge is -2.38. The van der Waals surface area contributed by atoms with Crippen molar-refractivity contribution in [3.63, 3.8) is 0 Å². The zero-order valence-electron chi connectivity index (χ0n) is 18.9. The van der Waals surface area contributed by atoms with Gasteiger partial charge in [0.25, 0.3) is 5.91 Å². The molecule has 7 heteroatoms. The van der Waals surface area contributed by atoms with E-state index in [1.807, 2.05) is 67.1 Å². The maximum absolute atomic E-state index is 13.5. The molecular weight excluding hydrogens is 416 g/mol. The van der Waals surface area contributed by atoms with Crippen LogP contribution in [-0.4, -0.2) is 27.7 Å². The summed E-state index contributed by atoms with van der Waals surface area (Å²) in [4.78, 5) is 15.3. The number of carbonyl (C=O) groups is 1. The summed E-state index contributed by atoms with van der Waals surface area (Å²) in [5.74, 6) is 1.47. The standard InChI is InChI=1S/C26H26N4O3/c1-17-13-18(2)30(28-17)15-20-14-19(10-11-24(20)32-3)25-27-23-9-5-4-8-22(23)26(31)29(25)16-21-7-6-12-33-21/h4-14,25,27H,15-16H2,1-3H3. The second-order valence-corrected chi connectivity index (χ2v) is 8.26. The van der Waals surface area contributed by atoms with Gasteiger partial charge in [-0.1, -0.05) is 18.2 Å². The van der Waals surface area contributed by atoms with Gasteiger partial charge in [0.15, 0.2) is 0 Å². The Labute approximate surface area is 192 Å². The molecule has 0 bridgehead atoms. The fourth-order valence-electron chi connectivity index (χ4n) is 4.38. The van der Waals surface area contributed by atoms with Gasteiger partial charge in [-0.3, -0.25) is 9.48 Å². The first-order valence-electron chi connectivity index (χ1n) is 10.9. The zero-order valence-corrected chi connectivity index (χ0v) is 18.9. The Kier molecular flexibility index (Phi) is 5.38. The van der Waals surface area contributed by atoms with Crippen molar-refractivity contribution in [3.05, 3.63) is 101 Å². The maximum atomic E-state index is 13.5. The molecule has 1 amide bonds. The molecule has 0 spiro atoms. The molecule has 0 aliphatic carbocycles. The number of hydrogen-bond donors (Lipinski definition) is 1. The second kappa shape index (κ2) is 8.50. The fourth-order valence-corrected chi connectivity index (χ4v) is 4.38. The largest absolute Gasteiger partial charge is 0.496 e. The highest BCUT2D eigenvalue weighted by Gasteiger charge is 2.33. The maximum Gasteiger partial charge on any atom is 0.258 e. The van der Waals surface area contributed by atoms with Crippen LogP contribution < -0.4 is 10.1 Å². The number of methoxy groups -OCH3 is 1. The number of rotatable bonds is 6. The molecule has 0 saturated heterocycles. The molecule has 1 aliphatic rings. The Bertz CT molecular complexity index is 1290. The number of nitrogens with one attached hydrogen (secondary N) is 1. The van der Waals surface area contributed by atoms with Gasteiger partial charge >= 0.3 is 0 Å². The first kappa shape index (κ1) is 20.9. The van der Waals surface area contributed by atoms with Gasteiger partial charge in [-0.2, -0.15) is 5.10 Å². The van der Waals surface area contributed by atoms with Crippen molar-refractivity contribution in [3.8, 4) is 5.75 Å². The monoisotopic (exact) mass is 442 g/mol. The Morgan fingerprint density at radius 1 is 1.06 bits per heavy atom. The summed E-state index contributed by atoms with van der Waals surface area (Å²) < 4.78 is 13.2. The molecule has 1 atom stereocenters. The molecule has 3 heterocycles. The molecule has 0 fully saturated rings.